The number of carbonyl (C=O) groups is 1. The highest BCUT2D eigenvalue weighted by molar-refractivity contribution is 5.97. The summed E-state index contributed by atoms with van der Waals surface area (Å²) in [4.78, 5) is 11.8. The zero-order valence-corrected chi connectivity index (χ0v) is 10.3. The van der Waals surface area contributed by atoms with Crippen molar-refractivity contribution >= 4 is 5.91 Å². The summed E-state index contributed by atoms with van der Waals surface area (Å²) in [5.74, 6) is -0.759. The molecule has 0 saturated carbocycles. The Morgan fingerprint density at radius 2 is 2.11 bits per heavy atom. The lowest BCUT2D eigenvalue weighted by molar-refractivity contribution is 0.0285. The summed E-state index contributed by atoms with van der Waals surface area (Å²) in [7, 11) is 3.05. The van der Waals surface area contributed by atoms with Gasteiger partial charge < -0.3 is 25.0 Å². The van der Waals surface area contributed by atoms with Crippen LogP contribution in [-0.2, 0) is 9.47 Å². The number of hydrogen-bond donors (Lipinski definition) is 3. The molecular formula is C12H17NO5. The summed E-state index contributed by atoms with van der Waals surface area (Å²) in [5, 5.41) is 21.3. The Hall–Kier alpha value is -1.79. The first-order chi connectivity index (χ1) is 8.58. The second-order valence-corrected chi connectivity index (χ2v) is 3.72. The van der Waals surface area contributed by atoms with Crippen LogP contribution < -0.4 is 5.32 Å². The molecule has 1 atom stereocenters. The molecule has 18 heavy (non-hydrogen) atoms. The van der Waals surface area contributed by atoms with Crippen LogP contribution >= 0.6 is 0 Å². The van der Waals surface area contributed by atoms with Gasteiger partial charge in [-0.2, -0.15) is 0 Å². The Labute approximate surface area is 105 Å². The van der Waals surface area contributed by atoms with E-state index in [0.29, 0.717) is 6.61 Å². The van der Waals surface area contributed by atoms with Gasteiger partial charge in [0.05, 0.1) is 18.3 Å². The van der Waals surface area contributed by atoms with Crippen molar-refractivity contribution in [2.75, 3.05) is 27.4 Å². The number of benzene rings is 1. The van der Waals surface area contributed by atoms with Gasteiger partial charge in [-0.05, 0) is 18.2 Å². The Balaban J connectivity index is 2.62. The Morgan fingerprint density at radius 1 is 1.39 bits per heavy atom. The molecule has 0 fully saturated rings. The lowest BCUT2D eigenvalue weighted by Gasteiger charge is -2.15. The molecule has 1 amide bonds. The predicted molar refractivity (Wildman–Crippen MR) is 64.8 cm³/mol. The van der Waals surface area contributed by atoms with E-state index in [1.807, 2.05) is 0 Å². The van der Waals surface area contributed by atoms with Gasteiger partial charge in [-0.25, -0.2) is 0 Å². The lowest BCUT2D eigenvalue weighted by atomic mass is 10.1. The molecule has 0 spiro atoms. The molecule has 0 bridgehead atoms. The zero-order valence-electron chi connectivity index (χ0n) is 10.3. The van der Waals surface area contributed by atoms with E-state index in [1.54, 1.807) is 0 Å². The summed E-state index contributed by atoms with van der Waals surface area (Å²) in [6, 6.07) is 3.75. The molecule has 1 aromatic rings. The molecule has 100 valence electrons. The van der Waals surface area contributed by atoms with Crippen LogP contribution in [0.25, 0.3) is 0 Å². The average molecular weight is 255 g/mol. The van der Waals surface area contributed by atoms with E-state index in [4.69, 9.17) is 9.47 Å². The second kappa shape index (κ2) is 6.83. The van der Waals surface area contributed by atoms with Gasteiger partial charge in [0.25, 0.3) is 5.91 Å². The highest BCUT2D eigenvalue weighted by Gasteiger charge is 2.14. The van der Waals surface area contributed by atoms with E-state index in [2.05, 4.69) is 5.32 Å². The van der Waals surface area contributed by atoms with Crippen LogP contribution in [0.4, 0.5) is 0 Å². The highest BCUT2D eigenvalue weighted by atomic mass is 16.5. The molecule has 6 heteroatoms. The van der Waals surface area contributed by atoms with Crippen LogP contribution in [-0.4, -0.2) is 49.6 Å². The van der Waals surface area contributed by atoms with Crippen LogP contribution in [0.1, 0.15) is 10.4 Å². The quantitative estimate of drug-likeness (QED) is 0.644. The van der Waals surface area contributed by atoms with Gasteiger partial charge >= 0.3 is 0 Å². The molecule has 1 aromatic carbocycles. The third-order valence-electron chi connectivity index (χ3n) is 2.40. The maximum Gasteiger partial charge on any atom is 0.255 e. The first-order valence-electron chi connectivity index (χ1n) is 5.40. The zero-order chi connectivity index (χ0) is 13.5. The number of phenols is 2. The topological polar surface area (TPSA) is 88.0 Å². The molecule has 0 aliphatic rings. The van der Waals surface area contributed by atoms with Gasteiger partial charge in [0, 0.05) is 20.8 Å². The van der Waals surface area contributed by atoms with Crippen molar-refractivity contribution in [3.8, 4) is 11.5 Å². The summed E-state index contributed by atoms with van der Waals surface area (Å²) in [5.41, 5.74) is 0.0160. The van der Waals surface area contributed by atoms with Crippen LogP contribution in [0.15, 0.2) is 18.2 Å². The molecule has 0 aromatic heterocycles. The summed E-state index contributed by atoms with van der Waals surface area (Å²) in [6.07, 6.45) is -0.265. The SMILES string of the molecule is COCC(CNC(=O)c1cc(O)ccc1O)OC. The normalized spacial score (nSPS) is 12.1. The molecule has 0 heterocycles. The molecule has 0 aliphatic carbocycles. The van der Waals surface area contributed by atoms with E-state index in [9.17, 15) is 15.0 Å². The number of carbonyl (C=O) groups excluding carboxylic acids is 1. The van der Waals surface area contributed by atoms with Crippen LogP contribution in [0, 0.1) is 0 Å². The first-order valence-corrected chi connectivity index (χ1v) is 5.40. The minimum absolute atomic E-state index is 0.0160. The smallest absolute Gasteiger partial charge is 0.255 e. The molecule has 0 radical (unpaired) electrons. The summed E-state index contributed by atoms with van der Waals surface area (Å²) >= 11 is 0. The average Bonchev–Trinajstić information content (AvgIpc) is 2.37. The number of phenolic OH excluding ortho intramolecular Hbond substituents is 2. The van der Waals surface area contributed by atoms with Crippen LogP contribution in [0.2, 0.25) is 0 Å². The van der Waals surface area contributed by atoms with Gasteiger partial charge in [-0.1, -0.05) is 0 Å². The summed E-state index contributed by atoms with van der Waals surface area (Å²) in [6.45, 7) is 0.598. The van der Waals surface area contributed by atoms with Gasteiger partial charge in [0.1, 0.15) is 11.5 Å². The van der Waals surface area contributed by atoms with Crippen molar-refractivity contribution in [1.29, 1.82) is 0 Å². The van der Waals surface area contributed by atoms with Gasteiger partial charge in [-0.3, -0.25) is 4.79 Å². The Morgan fingerprint density at radius 3 is 2.72 bits per heavy atom. The lowest BCUT2D eigenvalue weighted by Crippen LogP contribution is -2.35. The van der Waals surface area contributed by atoms with E-state index in [0.717, 1.165) is 0 Å². The van der Waals surface area contributed by atoms with Gasteiger partial charge in [0.15, 0.2) is 0 Å². The molecule has 6 nitrogen and oxygen atoms in total. The van der Waals surface area contributed by atoms with Crippen molar-refractivity contribution in [2.24, 2.45) is 0 Å². The van der Waals surface area contributed by atoms with Crippen LogP contribution in [0.5, 0.6) is 11.5 Å². The van der Waals surface area contributed by atoms with Crippen LogP contribution in [0.3, 0.4) is 0 Å². The fourth-order valence-corrected chi connectivity index (χ4v) is 1.40. The van der Waals surface area contributed by atoms with Crippen molar-refractivity contribution in [1.82, 2.24) is 5.32 Å². The number of rotatable bonds is 6. The predicted octanol–water partition coefficient (Wildman–Crippen LogP) is 0.489. The maximum absolute atomic E-state index is 11.8. The summed E-state index contributed by atoms with van der Waals surface area (Å²) < 4.78 is 9.99. The third kappa shape index (κ3) is 3.90. The number of amides is 1. The molecule has 0 aliphatic heterocycles. The van der Waals surface area contributed by atoms with Crippen molar-refractivity contribution in [3.05, 3.63) is 23.8 Å². The number of nitrogens with one attached hydrogen (secondary N) is 1. The number of methoxy groups -OCH3 is 2. The molecular weight excluding hydrogens is 238 g/mol. The second-order valence-electron chi connectivity index (χ2n) is 3.72. The van der Waals surface area contributed by atoms with Gasteiger partial charge in [-0.15, -0.1) is 0 Å². The minimum atomic E-state index is -0.485. The van der Waals surface area contributed by atoms with Crippen molar-refractivity contribution in [3.63, 3.8) is 0 Å². The molecule has 1 rings (SSSR count). The third-order valence-corrected chi connectivity index (χ3v) is 2.40. The monoisotopic (exact) mass is 255 g/mol. The van der Waals surface area contributed by atoms with E-state index in [-0.39, 0.29) is 29.7 Å². The maximum atomic E-state index is 11.8. The van der Waals surface area contributed by atoms with E-state index < -0.39 is 5.91 Å². The van der Waals surface area contributed by atoms with Crippen molar-refractivity contribution < 1.29 is 24.5 Å². The molecule has 0 saturated heterocycles. The fourth-order valence-electron chi connectivity index (χ4n) is 1.40. The highest BCUT2D eigenvalue weighted by Crippen LogP contribution is 2.21. The number of ether oxygens (including phenoxy) is 2. The van der Waals surface area contributed by atoms with Crippen molar-refractivity contribution in [2.45, 2.75) is 6.10 Å². The molecule has 1 unspecified atom stereocenters. The number of hydrogen-bond acceptors (Lipinski definition) is 5. The van der Waals surface area contributed by atoms with E-state index >= 15 is 0 Å². The standard InChI is InChI=1S/C12H17NO5/c1-17-7-9(18-2)6-13-12(16)10-5-8(14)3-4-11(10)15/h3-5,9,14-15H,6-7H2,1-2H3,(H,13,16). The Kier molecular flexibility index (Phi) is 5.41. The van der Waals surface area contributed by atoms with Gasteiger partial charge in [0.2, 0.25) is 0 Å². The molecule has 3 N–H and O–H groups in total. The largest absolute Gasteiger partial charge is 0.508 e. The Bertz CT molecular complexity index is 407. The first kappa shape index (κ1) is 14.3. The van der Waals surface area contributed by atoms with E-state index in [1.165, 1.54) is 32.4 Å². The minimum Gasteiger partial charge on any atom is -0.508 e. The number of aromatic hydroxyl groups is 2. The fraction of sp³-hybridized carbons (Fsp3) is 0.417.